The van der Waals surface area contributed by atoms with Crippen LogP contribution in [0.4, 0.5) is 0 Å². The van der Waals surface area contributed by atoms with E-state index in [2.05, 4.69) is 32.7 Å². The third-order valence-electron chi connectivity index (χ3n) is 5.65. The number of rotatable bonds is 5. The van der Waals surface area contributed by atoms with Crippen molar-refractivity contribution in [2.45, 2.75) is 45.3 Å². The van der Waals surface area contributed by atoms with E-state index in [0.29, 0.717) is 12.0 Å². The summed E-state index contributed by atoms with van der Waals surface area (Å²) in [5.41, 5.74) is 2.00. The van der Waals surface area contributed by atoms with Crippen LogP contribution in [0.15, 0.2) is 36.5 Å². The van der Waals surface area contributed by atoms with Crippen LogP contribution < -0.4 is 5.32 Å². The lowest BCUT2D eigenvalue weighted by Crippen LogP contribution is -2.58. The van der Waals surface area contributed by atoms with Gasteiger partial charge in [0.2, 0.25) is 5.91 Å². The van der Waals surface area contributed by atoms with Gasteiger partial charge in [-0.05, 0) is 39.2 Å². The fraction of sp³-hybridized carbons (Fsp3) is 0.550. The smallest absolute Gasteiger partial charge is 0.224 e. The van der Waals surface area contributed by atoms with Crippen LogP contribution in [0.25, 0.3) is 11.3 Å². The molecule has 138 valence electrons. The van der Waals surface area contributed by atoms with E-state index in [4.69, 9.17) is 0 Å². The standard InChI is InChI=1S/C20H27N5O/c1-14(2)21-20(26)18-12-24-9-8-16(18)10-17(24)11-25-13-19(22-23-25)15-6-4-3-5-7-15/h3-7,13-14,16-18H,8-12H2,1-2H3,(H,21,26)/t16-,17+,18-/m0/s1. The highest BCUT2D eigenvalue weighted by molar-refractivity contribution is 5.79. The van der Waals surface area contributed by atoms with Crippen LogP contribution in [0.2, 0.25) is 0 Å². The molecule has 5 rings (SSSR count). The van der Waals surface area contributed by atoms with E-state index >= 15 is 0 Å². The van der Waals surface area contributed by atoms with Gasteiger partial charge in [0.25, 0.3) is 0 Å². The number of aromatic nitrogens is 3. The molecule has 2 bridgehead atoms. The lowest BCUT2D eigenvalue weighted by Gasteiger charge is -2.49. The number of fused-ring (bicyclic) bond motifs is 3. The Balaban J connectivity index is 1.40. The minimum absolute atomic E-state index is 0.137. The Bertz CT molecular complexity index is 757. The Hall–Kier alpha value is -2.21. The molecule has 6 heteroatoms. The molecule has 2 aromatic rings. The van der Waals surface area contributed by atoms with E-state index in [0.717, 1.165) is 43.7 Å². The van der Waals surface area contributed by atoms with Crippen molar-refractivity contribution in [1.29, 1.82) is 0 Å². The van der Waals surface area contributed by atoms with Crippen molar-refractivity contribution < 1.29 is 4.79 Å². The van der Waals surface area contributed by atoms with Gasteiger partial charge < -0.3 is 5.32 Å². The first-order valence-electron chi connectivity index (χ1n) is 9.60. The Labute approximate surface area is 154 Å². The summed E-state index contributed by atoms with van der Waals surface area (Å²) in [4.78, 5) is 14.9. The summed E-state index contributed by atoms with van der Waals surface area (Å²) in [6, 6.07) is 10.8. The third kappa shape index (κ3) is 3.51. The van der Waals surface area contributed by atoms with E-state index in [1.165, 1.54) is 0 Å². The molecule has 3 saturated heterocycles. The lowest BCUT2D eigenvalue weighted by atomic mass is 9.75. The average molecular weight is 353 g/mol. The van der Waals surface area contributed by atoms with Gasteiger partial charge in [-0.3, -0.25) is 14.4 Å². The van der Waals surface area contributed by atoms with Crippen molar-refractivity contribution >= 4 is 5.91 Å². The number of benzene rings is 1. The van der Waals surface area contributed by atoms with Crippen molar-refractivity contribution in [1.82, 2.24) is 25.2 Å². The van der Waals surface area contributed by atoms with E-state index in [1.54, 1.807) is 0 Å². The number of carbonyl (C=O) groups is 1. The molecule has 3 aliphatic rings. The first-order chi connectivity index (χ1) is 12.6. The maximum absolute atomic E-state index is 12.5. The van der Waals surface area contributed by atoms with Crippen LogP contribution in [0.3, 0.4) is 0 Å². The third-order valence-corrected chi connectivity index (χ3v) is 5.65. The summed E-state index contributed by atoms with van der Waals surface area (Å²) in [6.07, 6.45) is 4.22. The molecule has 1 unspecified atom stereocenters. The number of nitrogens with one attached hydrogen (secondary N) is 1. The maximum atomic E-state index is 12.5. The zero-order valence-electron chi connectivity index (χ0n) is 15.5. The van der Waals surface area contributed by atoms with Crippen molar-refractivity contribution in [2.75, 3.05) is 13.1 Å². The first kappa shape index (κ1) is 17.2. The molecule has 1 aromatic carbocycles. The van der Waals surface area contributed by atoms with Gasteiger partial charge in [-0.25, -0.2) is 0 Å². The maximum Gasteiger partial charge on any atom is 0.224 e. The second-order valence-corrected chi connectivity index (χ2v) is 7.89. The molecule has 0 radical (unpaired) electrons. The number of hydrogen-bond acceptors (Lipinski definition) is 4. The number of carbonyl (C=O) groups excluding carboxylic acids is 1. The molecule has 3 fully saturated rings. The topological polar surface area (TPSA) is 63.1 Å². The predicted octanol–water partition coefficient (Wildman–Crippen LogP) is 2.18. The quantitative estimate of drug-likeness (QED) is 0.895. The number of hydrogen-bond donors (Lipinski definition) is 1. The molecule has 4 atom stereocenters. The molecule has 3 aliphatic heterocycles. The van der Waals surface area contributed by atoms with E-state index in [9.17, 15) is 4.79 Å². The second kappa shape index (κ2) is 7.19. The predicted molar refractivity (Wildman–Crippen MR) is 100 cm³/mol. The highest BCUT2D eigenvalue weighted by atomic mass is 16.2. The van der Waals surface area contributed by atoms with Crippen LogP contribution >= 0.6 is 0 Å². The fourth-order valence-electron chi connectivity index (χ4n) is 4.36. The summed E-state index contributed by atoms with van der Waals surface area (Å²) in [5.74, 6) is 0.846. The molecule has 0 spiro atoms. The summed E-state index contributed by atoms with van der Waals surface area (Å²) in [5, 5.41) is 11.7. The van der Waals surface area contributed by atoms with Gasteiger partial charge in [0.05, 0.1) is 18.7 Å². The molecule has 1 aromatic heterocycles. The van der Waals surface area contributed by atoms with Crippen molar-refractivity contribution in [3.8, 4) is 11.3 Å². The molecular weight excluding hydrogens is 326 g/mol. The SMILES string of the molecule is CC(C)NC(=O)[C@H]1CN2CC[C@H]1C[C@@H]2Cn1cc(-c2ccccc2)nn1. The number of nitrogens with zero attached hydrogens (tertiary/aromatic N) is 4. The van der Waals surface area contributed by atoms with E-state index in [-0.39, 0.29) is 17.9 Å². The van der Waals surface area contributed by atoms with Gasteiger partial charge in [0.15, 0.2) is 0 Å². The first-order valence-corrected chi connectivity index (χ1v) is 9.60. The largest absolute Gasteiger partial charge is 0.354 e. The zero-order valence-corrected chi connectivity index (χ0v) is 15.5. The Morgan fingerprint density at radius 3 is 2.81 bits per heavy atom. The Kier molecular flexibility index (Phi) is 4.76. The highest BCUT2D eigenvalue weighted by Gasteiger charge is 2.43. The lowest BCUT2D eigenvalue weighted by molar-refractivity contribution is -0.133. The van der Waals surface area contributed by atoms with Gasteiger partial charge in [-0.15, -0.1) is 5.10 Å². The van der Waals surface area contributed by atoms with Crippen LogP contribution in [0, 0.1) is 11.8 Å². The molecule has 0 aliphatic carbocycles. The van der Waals surface area contributed by atoms with Gasteiger partial charge >= 0.3 is 0 Å². The van der Waals surface area contributed by atoms with Crippen molar-refractivity contribution in [3.63, 3.8) is 0 Å². The molecule has 4 heterocycles. The normalized spacial score (nSPS) is 27.7. The Morgan fingerprint density at radius 1 is 1.31 bits per heavy atom. The van der Waals surface area contributed by atoms with Crippen molar-refractivity contribution in [3.05, 3.63) is 36.5 Å². The summed E-state index contributed by atoms with van der Waals surface area (Å²) < 4.78 is 1.96. The van der Waals surface area contributed by atoms with E-state index in [1.807, 2.05) is 42.9 Å². The molecule has 0 saturated carbocycles. The summed E-state index contributed by atoms with van der Waals surface area (Å²) >= 11 is 0. The van der Waals surface area contributed by atoms with Gasteiger partial charge in [0, 0.05) is 24.2 Å². The van der Waals surface area contributed by atoms with Crippen LogP contribution in [0.5, 0.6) is 0 Å². The fourth-order valence-corrected chi connectivity index (χ4v) is 4.36. The number of piperidine rings is 3. The Morgan fingerprint density at radius 2 is 2.12 bits per heavy atom. The zero-order chi connectivity index (χ0) is 18.1. The molecule has 6 nitrogen and oxygen atoms in total. The van der Waals surface area contributed by atoms with Gasteiger partial charge in [0.1, 0.15) is 5.69 Å². The van der Waals surface area contributed by atoms with Gasteiger partial charge in [-0.1, -0.05) is 35.5 Å². The second-order valence-electron chi connectivity index (χ2n) is 7.89. The summed E-state index contributed by atoms with van der Waals surface area (Å²) in [7, 11) is 0. The van der Waals surface area contributed by atoms with Crippen LogP contribution in [-0.2, 0) is 11.3 Å². The molecule has 1 N–H and O–H groups in total. The monoisotopic (exact) mass is 353 g/mol. The minimum atomic E-state index is 0.137. The van der Waals surface area contributed by atoms with Crippen LogP contribution in [0.1, 0.15) is 26.7 Å². The van der Waals surface area contributed by atoms with Crippen LogP contribution in [-0.4, -0.2) is 51.0 Å². The highest BCUT2D eigenvalue weighted by Crippen LogP contribution is 2.37. The molecule has 26 heavy (non-hydrogen) atoms. The average Bonchev–Trinajstić information content (AvgIpc) is 3.11. The molecule has 1 amide bonds. The van der Waals surface area contributed by atoms with Gasteiger partial charge in [-0.2, -0.15) is 0 Å². The van der Waals surface area contributed by atoms with E-state index < -0.39 is 0 Å². The summed E-state index contributed by atoms with van der Waals surface area (Å²) in [6.45, 7) is 6.85. The molecular formula is C20H27N5O. The van der Waals surface area contributed by atoms with Crippen molar-refractivity contribution in [2.24, 2.45) is 11.8 Å². The number of amides is 1. The minimum Gasteiger partial charge on any atom is -0.354 e.